The number of fused-ring (bicyclic) bond motifs is 3. The molecule has 1 aliphatic heterocycles. The van der Waals surface area contributed by atoms with Crippen LogP contribution < -0.4 is 9.47 Å². The maximum absolute atomic E-state index is 14.9. The van der Waals surface area contributed by atoms with Crippen LogP contribution in [0.15, 0.2) is 145 Å². The Labute approximate surface area is 369 Å². The Hall–Kier alpha value is -5.81. The second kappa shape index (κ2) is 20.1. The number of carbonyl (C=O) groups excluding carboxylic acids is 1. The van der Waals surface area contributed by atoms with Crippen molar-refractivity contribution in [3.8, 4) is 11.5 Å². The van der Waals surface area contributed by atoms with Gasteiger partial charge in [0.1, 0.15) is 36.6 Å². The highest BCUT2D eigenvalue weighted by atomic mass is 19.1. The first-order valence-electron chi connectivity index (χ1n) is 22.2. The molecular weight excluding hydrogens is 796 g/mol. The van der Waals surface area contributed by atoms with Gasteiger partial charge in [-0.1, -0.05) is 109 Å². The largest absolute Gasteiger partial charge is 0.489 e. The normalized spacial score (nSPS) is 23.0. The number of unbranched alkanes of at least 4 members (excludes halogenated alkanes) is 2. The van der Waals surface area contributed by atoms with E-state index in [1.54, 1.807) is 29.2 Å². The van der Waals surface area contributed by atoms with Gasteiger partial charge in [0, 0.05) is 49.3 Å². The van der Waals surface area contributed by atoms with Crippen LogP contribution in [-0.2, 0) is 22.8 Å². The lowest BCUT2D eigenvalue weighted by Gasteiger charge is -2.59. The Kier molecular flexibility index (Phi) is 14.0. The summed E-state index contributed by atoms with van der Waals surface area (Å²) < 4.78 is 35.5. The van der Waals surface area contributed by atoms with E-state index in [2.05, 4.69) is 12.7 Å². The number of oxime groups is 1. The zero-order valence-electron chi connectivity index (χ0n) is 35.9. The van der Waals surface area contributed by atoms with Gasteiger partial charge in [-0.25, -0.2) is 4.39 Å². The fourth-order valence-electron chi connectivity index (χ4n) is 10.0. The van der Waals surface area contributed by atoms with Gasteiger partial charge in [-0.05, 0) is 95.8 Å². The number of nitrogens with zero attached hydrogens (tertiary/aromatic N) is 2. The van der Waals surface area contributed by atoms with Crippen molar-refractivity contribution in [3.05, 3.63) is 168 Å². The summed E-state index contributed by atoms with van der Waals surface area (Å²) in [5.41, 5.74) is 4.53. The lowest BCUT2D eigenvalue weighted by Crippen LogP contribution is -2.69. The summed E-state index contributed by atoms with van der Waals surface area (Å²) in [4.78, 5) is 22.9. The lowest BCUT2D eigenvalue weighted by atomic mass is 9.55. The Bertz CT molecular complexity index is 2440. The summed E-state index contributed by atoms with van der Waals surface area (Å²) in [6.45, 7) is 4.66. The van der Waals surface area contributed by atoms with E-state index in [1.165, 1.54) is 6.07 Å². The minimum Gasteiger partial charge on any atom is -0.489 e. The quantitative estimate of drug-likeness (QED) is 0.0484. The van der Waals surface area contributed by atoms with Crippen LogP contribution in [0.5, 0.6) is 11.5 Å². The molecule has 5 aromatic rings. The van der Waals surface area contributed by atoms with Crippen molar-refractivity contribution >= 4 is 22.4 Å². The van der Waals surface area contributed by atoms with Gasteiger partial charge in [0.25, 0.3) is 5.91 Å². The smallest absolute Gasteiger partial charge is 0.254 e. The predicted molar refractivity (Wildman–Crippen MR) is 243 cm³/mol. The van der Waals surface area contributed by atoms with E-state index in [4.69, 9.17) is 24.2 Å². The number of halogens is 1. The third-order valence-electron chi connectivity index (χ3n) is 13.0. The maximum atomic E-state index is 14.9. The summed E-state index contributed by atoms with van der Waals surface area (Å²) >= 11 is 0. The molecule has 0 saturated heterocycles. The molecule has 63 heavy (non-hydrogen) atoms. The first-order valence-corrected chi connectivity index (χ1v) is 22.2. The van der Waals surface area contributed by atoms with Gasteiger partial charge < -0.3 is 34.2 Å². The highest BCUT2D eigenvalue weighted by molar-refractivity contribution is 6.04. The van der Waals surface area contributed by atoms with E-state index < -0.39 is 17.7 Å². The van der Waals surface area contributed by atoms with Crippen LogP contribution in [0.25, 0.3) is 10.8 Å². The van der Waals surface area contributed by atoms with Gasteiger partial charge in [0.2, 0.25) is 5.79 Å². The number of allylic oxidation sites excluding steroid dienone is 1. The number of benzene rings is 5. The number of aliphatic hydroxyl groups excluding tert-OH is 2. The van der Waals surface area contributed by atoms with Crippen molar-refractivity contribution in [1.29, 1.82) is 0 Å². The average molecular weight is 853 g/mol. The van der Waals surface area contributed by atoms with Crippen molar-refractivity contribution in [2.24, 2.45) is 22.9 Å². The fraction of sp³-hybridized carbons (Fsp3) is 0.358. The molecule has 9 nitrogen and oxygen atoms in total. The molecule has 5 aromatic carbocycles. The fourth-order valence-corrected chi connectivity index (χ4v) is 10.0. The van der Waals surface area contributed by atoms with Gasteiger partial charge in [0.15, 0.2) is 0 Å². The van der Waals surface area contributed by atoms with Gasteiger partial charge in [0.05, 0.1) is 18.2 Å². The summed E-state index contributed by atoms with van der Waals surface area (Å²) in [5.74, 6) is -1.38. The van der Waals surface area contributed by atoms with Crippen molar-refractivity contribution in [1.82, 2.24) is 4.90 Å². The maximum Gasteiger partial charge on any atom is 0.254 e. The van der Waals surface area contributed by atoms with E-state index in [9.17, 15) is 19.4 Å². The van der Waals surface area contributed by atoms with Crippen molar-refractivity contribution in [2.45, 2.75) is 75.9 Å². The number of hydrogen-bond donors (Lipinski definition) is 2. The molecule has 1 fully saturated rings. The van der Waals surface area contributed by atoms with E-state index in [0.29, 0.717) is 41.2 Å². The highest BCUT2D eigenvalue weighted by Crippen LogP contribution is 2.62. The molecule has 1 amide bonds. The molecule has 0 bridgehead atoms. The summed E-state index contributed by atoms with van der Waals surface area (Å²) in [5, 5.41) is 26.8. The highest BCUT2D eigenvalue weighted by Gasteiger charge is 2.65. The van der Waals surface area contributed by atoms with Crippen LogP contribution >= 0.6 is 0 Å². The first kappa shape index (κ1) is 43.8. The Morgan fingerprint density at radius 2 is 1.63 bits per heavy atom. The van der Waals surface area contributed by atoms with Crippen LogP contribution in [0, 0.1) is 23.6 Å². The van der Waals surface area contributed by atoms with Crippen LogP contribution in [-0.4, -0.2) is 65.4 Å². The molecular formula is C53H57FN2O7. The number of amides is 1. The molecule has 10 heteroatoms. The third-order valence-corrected chi connectivity index (χ3v) is 13.0. The zero-order chi connectivity index (χ0) is 43.8. The molecule has 1 heterocycles. The SMILES string of the molecule is C=CCO[C@@]12Oc3ccc(OCc4ccccc4F)cc3[C@H]3[C@H](CCCCO)[C@@H](CCCCO)C=C(C(=NOCc4ccccc4)C[C@@H]1N(C)C(=O)c1ccc4ccccc4c1)[C@H]32. The van der Waals surface area contributed by atoms with E-state index in [1.807, 2.05) is 98.0 Å². The Morgan fingerprint density at radius 1 is 0.889 bits per heavy atom. The van der Waals surface area contributed by atoms with Crippen molar-refractivity contribution in [3.63, 3.8) is 0 Å². The van der Waals surface area contributed by atoms with Gasteiger partial charge in [-0.3, -0.25) is 4.79 Å². The molecule has 2 aliphatic carbocycles. The average Bonchev–Trinajstić information content (AvgIpc) is 3.31. The second-order valence-electron chi connectivity index (χ2n) is 16.9. The van der Waals surface area contributed by atoms with E-state index in [-0.39, 0.29) is 68.9 Å². The predicted octanol–water partition coefficient (Wildman–Crippen LogP) is 10.2. The molecule has 0 unspecified atom stereocenters. The topological polar surface area (TPSA) is 110 Å². The minimum atomic E-state index is -1.40. The van der Waals surface area contributed by atoms with Gasteiger partial charge in [-0.2, -0.15) is 0 Å². The molecule has 3 aliphatic rings. The summed E-state index contributed by atoms with van der Waals surface area (Å²) in [6.07, 6.45) is 8.83. The lowest BCUT2D eigenvalue weighted by molar-refractivity contribution is -0.252. The summed E-state index contributed by atoms with van der Waals surface area (Å²) in [6, 6.07) is 35.3. The van der Waals surface area contributed by atoms with Gasteiger partial charge in [-0.15, -0.1) is 6.58 Å². The minimum absolute atomic E-state index is 0.0342. The number of ether oxygens (including phenoxy) is 3. The van der Waals surface area contributed by atoms with Crippen LogP contribution in [0.1, 0.15) is 77.9 Å². The monoisotopic (exact) mass is 852 g/mol. The molecule has 6 atom stereocenters. The Balaban J connectivity index is 1.29. The van der Waals surface area contributed by atoms with Crippen LogP contribution in [0.4, 0.5) is 4.39 Å². The molecule has 328 valence electrons. The molecule has 1 saturated carbocycles. The number of likely N-dealkylation sites (N-methyl/N-ethyl adjacent to an activating group) is 1. The molecule has 0 aromatic heterocycles. The van der Waals surface area contributed by atoms with Crippen molar-refractivity contribution < 1.29 is 38.4 Å². The first-order chi connectivity index (χ1) is 30.8. The standard InChI is InChI=1S/C53H57FN2O7/c1-3-29-61-53-49(56(2)52(59)40-24-23-37-17-7-8-18-38(37)30-40)33-47(55-62-34-36-15-5-4-6-16-36)44-31-39(19-11-13-27-57)43(21-12-14-28-58)50(51(44)53)45-32-42(25-26-48(45)63-53)60-35-41-20-9-10-22-46(41)54/h3-10,15-18,20,22-26,30-32,39,43,49-51,57-58H,1,11-14,19,21,27-29,33-35H2,2H3/t39-,43+,49-,50+,51+,53+/m0/s1. The summed E-state index contributed by atoms with van der Waals surface area (Å²) in [7, 11) is 1.81. The zero-order valence-corrected chi connectivity index (χ0v) is 35.9. The molecule has 0 spiro atoms. The third kappa shape index (κ3) is 9.30. The second-order valence-corrected chi connectivity index (χ2v) is 16.9. The van der Waals surface area contributed by atoms with E-state index >= 15 is 0 Å². The van der Waals surface area contributed by atoms with Crippen molar-refractivity contribution in [2.75, 3.05) is 26.9 Å². The number of carbonyl (C=O) groups is 1. The molecule has 2 N–H and O–H groups in total. The molecule has 8 rings (SSSR count). The number of hydrogen-bond acceptors (Lipinski definition) is 8. The molecule has 0 radical (unpaired) electrons. The number of aliphatic hydroxyl groups is 2. The van der Waals surface area contributed by atoms with Crippen LogP contribution in [0.2, 0.25) is 0 Å². The van der Waals surface area contributed by atoms with E-state index in [0.717, 1.165) is 53.2 Å². The van der Waals surface area contributed by atoms with Gasteiger partial charge >= 0.3 is 0 Å². The Morgan fingerprint density at radius 3 is 2.41 bits per heavy atom. The number of rotatable bonds is 19. The van der Waals surface area contributed by atoms with Crippen LogP contribution in [0.3, 0.4) is 0 Å².